The van der Waals surface area contributed by atoms with Gasteiger partial charge >= 0.3 is 0 Å². The Morgan fingerprint density at radius 3 is 2.32 bits per heavy atom. The van der Waals surface area contributed by atoms with Crippen molar-refractivity contribution in [2.24, 2.45) is 5.92 Å². The summed E-state index contributed by atoms with van der Waals surface area (Å²) in [4.78, 5) is 32.0. The van der Waals surface area contributed by atoms with Crippen LogP contribution in [0.4, 0.5) is 5.69 Å². The van der Waals surface area contributed by atoms with E-state index in [-0.39, 0.29) is 11.8 Å². The van der Waals surface area contributed by atoms with E-state index in [0.29, 0.717) is 31.5 Å². The van der Waals surface area contributed by atoms with Gasteiger partial charge < -0.3 is 14.7 Å². The maximum Gasteiger partial charge on any atom is 0.242 e. The molecule has 2 saturated heterocycles. The van der Waals surface area contributed by atoms with Gasteiger partial charge in [-0.1, -0.05) is 38.0 Å². The van der Waals surface area contributed by atoms with E-state index >= 15 is 0 Å². The van der Waals surface area contributed by atoms with Gasteiger partial charge in [0.25, 0.3) is 0 Å². The zero-order valence-electron chi connectivity index (χ0n) is 17.1. The zero-order valence-corrected chi connectivity index (χ0v) is 17.1. The number of fused-ring (bicyclic) bond motifs is 1. The molecule has 0 spiro atoms. The molecular formula is C23H33N3O2. The van der Waals surface area contributed by atoms with Crippen LogP contribution in [0.3, 0.4) is 0 Å². The van der Waals surface area contributed by atoms with Crippen LogP contribution in [0, 0.1) is 5.92 Å². The summed E-state index contributed by atoms with van der Waals surface area (Å²) in [7, 11) is 0. The number of amides is 2. The Kier molecular flexibility index (Phi) is 5.88. The van der Waals surface area contributed by atoms with Crippen LogP contribution in [0.2, 0.25) is 0 Å². The van der Waals surface area contributed by atoms with Gasteiger partial charge in [-0.15, -0.1) is 0 Å². The molecule has 3 heterocycles. The largest absolute Gasteiger partial charge is 0.361 e. The molecule has 0 aliphatic carbocycles. The first-order chi connectivity index (χ1) is 13.6. The standard InChI is InChI=1S/C23H33N3O2/c1-18-16-26(21-9-5-4-8-20(18)21)17-22(27)24-14-10-19(11-15-24)23(28)25-12-6-2-3-7-13-25/h4-5,8-9,18-19H,2-3,6-7,10-17H2,1H3. The Balaban J connectivity index is 1.29. The topological polar surface area (TPSA) is 43.9 Å². The lowest BCUT2D eigenvalue weighted by Crippen LogP contribution is -2.47. The molecule has 152 valence electrons. The maximum absolute atomic E-state index is 12.9. The van der Waals surface area contributed by atoms with E-state index < -0.39 is 0 Å². The van der Waals surface area contributed by atoms with Crippen molar-refractivity contribution < 1.29 is 9.59 Å². The SMILES string of the molecule is CC1CN(CC(=O)N2CCC(C(=O)N3CCCCCC3)CC2)c2ccccc21. The molecule has 0 aromatic heterocycles. The van der Waals surface area contributed by atoms with E-state index in [1.165, 1.54) is 24.1 Å². The van der Waals surface area contributed by atoms with Gasteiger partial charge in [-0.05, 0) is 37.3 Å². The average Bonchev–Trinajstić information content (AvgIpc) is 2.90. The third-order valence-electron chi connectivity index (χ3n) is 6.74. The first kappa shape index (κ1) is 19.3. The summed E-state index contributed by atoms with van der Waals surface area (Å²) in [6, 6.07) is 8.42. The van der Waals surface area contributed by atoms with Crippen molar-refractivity contribution in [1.82, 2.24) is 9.80 Å². The molecule has 28 heavy (non-hydrogen) atoms. The molecule has 2 amide bonds. The minimum atomic E-state index is 0.106. The van der Waals surface area contributed by atoms with Crippen LogP contribution >= 0.6 is 0 Å². The van der Waals surface area contributed by atoms with E-state index in [2.05, 4.69) is 34.9 Å². The van der Waals surface area contributed by atoms with Crippen LogP contribution in [-0.2, 0) is 9.59 Å². The van der Waals surface area contributed by atoms with Crippen LogP contribution in [-0.4, -0.2) is 60.9 Å². The fourth-order valence-corrected chi connectivity index (χ4v) is 5.06. The molecule has 3 aliphatic heterocycles. The van der Waals surface area contributed by atoms with Crippen molar-refractivity contribution >= 4 is 17.5 Å². The summed E-state index contributed by atoms with van der Waals surface area (Å²) in [6.45, 7) is 6.86. The van der Waals surface area contributed by atoms with Gasteiger partial charge in [0.15, 0.2) is 0 Å². The predicted octanol–water partition coefficient (Wildman–Crippen LogP) is 3.25. The van der Waals surface area contributed by atoms with Crippen LogP contribution in [0.1, 0.15) is 56.9 Å². The summed E-state index contributed by atoms with van der Waals surface area (Å²) in [5.41, 5.74) is 2.55. The lowest BCUT2D eigenvalue weighted by atomic mass is 9.95. The molecule has 5 heteroatoms. The molecule has 0 saturated carbocycles. The number of benzene rings is 1. The maximum atomic E-state index is 12.9. The molecule has 1 aromatic rings. The molecule has 1 atom stereocenters. The smallest absolute Gasteiger partial charge is 0.242 e. The molecule has 0 bridgehead atoms. The van der Waals surface area contributed by atoms with Gasteiger partial charge in [-0.25, -0.2) is 0 Å². The normalized spacial score (nSPS) is 23.5. The number of para-hydroxylation sites is 1. The van der Waals surface area contributed by atoms with Crippen molar-refractivity contribution in [3.63, 3.8) is 0 Å². The Hall–Kier alpha value is -2.04. The predicted molar refractivity (Wildman–Crippen MR) is 111 cm³/mol. The second kappa shape index (κ2) is 8.54. The molecule has 1 unspecified atom stereocenters. The Bertz CT molecular complexity index is 704. The number of carbonyl (C=O) groups is 2. The number of nitrogens with zero attached hydrogens (tertiary/aromatic N) is 3. The van der Waals surface area contributed by atoms with Crippen molar-refractivity contribution in [2.45, 2.75) is 51.4 Å². The van der Waals surface area contributed by atoms with Crippen molar-refractivity contribution in [3.05, 3.63) is 29.8 Å². The third kappa shape index (κ3) is 4.03. The number of carbonyl (C=O) groups excluding carboxylic acids is 2. The van der Waals surface area contributed by atoms with Crippen molar-refractivity contribution in [3.8, 4) is 0 Å². The van der Waals surface area contributed by atoms with Crippen molar-refractivity contribution in [1.29, 1.82) is 0 Å². The van der Waals surface area contributed by atoms with E-state index in [0.717, 1.165) is 45.3 Å². The fourth-order valence-electron chi connectivity index (χ4n) is 5.06. The number of hydrogen-bond donors (Lipinski definition) is 0. The first-order valence-electron chi connectivity index (χ1n) is 11.0. The Labute approximate surface area is 168 Å². The lowest BCUT2D eigenvalue weighted by molar-refractivity contribution is -0.140. The minimum absolute atomic E-state index is 0.106. The number of anilines is 1. The highest BCUT2D eigenvalue weighted by molar-refractivity contribution is 5.83. The van der Waals surface area contributed by atoms with E-state index in [1.807, 2.05) is 11.0 Å². The Morgan fingerprint density at radius 1 is 0.929 bits per heavy atom. The average molecular weight is 384 g/mol. The van der Waals surface area contributed by atoms with Crippen LogP contribution in [0.25, 0.3) is 0 Å². The lowest BCUT2D eigenvalue weighted by Gasteiger charge is -2.35. The quantitative estimate of drug-likeness (QED) is 0.805. The Morgan fingerprint density at radius 2 is 1.61 bits per heavy atom. The summed E-state index contributed by atoms with van der Waals surface area (Å²) < 4.78 is 0. The number of piperidine rings is 1. The second-order valence-corrected chi connectivity index (χ2v) is 8.73. The number of rotatable bonds is 3. The highest BCUT2D eigenvalue weighted by atomic mass is 16.2. The number of likely N-dealkylation sites (tertiary alicyclic amines) is 2. The number of hydrogen-bond acceptors (Lipinski definition) is 3. The summed E-state index contributed by atoms with van der Waals surface area (Å²) >= 11 is 0. The molecule has 0 N–H and O–H groups in total. The minimum Gasteiger partial charge on any atom is -0.361 e. The van der Waals surface area contributed by atoms with E-state index in [9.17, 15) is 9.59 Å². The monoisotopic (exact) mass is 383 g/mol. The first-order valence-corrected chi connectivity index (χ1v) is 11.0. The van der Waals surface area contributed by atoms with Crippen LogP contribution < -0.4 is 4.90 Å². The molecule has 0 radical (unpaired) electrons. The summed E-state index contributed by atoms with van der Waals surface area (Å²) in [6.07, 6.45) is 6.39. The van der Waals surface area contributed by atoms with Crippen molar-refractivity contribution in [2.75, 3.05) is 44.2 Å². The molecule has 1 aromatic carbocycles. The molecule has 4 rings (SSSR count). The summed E-state index contributed by atoms with van der Waals surface area (Å²) in [5.74, 6) is 1.11. The van der Waals surface area contributed by atoms with Crippen LogP contribution in [0.15, 0.2) is 24.3 Å². The van der Waals surface area contributed by atoms with Gasteiger partial charge in [0.05, 0.1) is 6.54 Å². The zero-order chi connectivity index (χ0) is 19.5. The molecule has 5 nitrogen and oxygen atoms in total. The fraction of sp³-hybridized carbons (Fsp3) is 0.652. The molecule has 3 aliphatic rings. The summed E-state index contributed by atoms with van der Waals surface area (Å²) in [5, 5.41) is 0. The highest BCUT2D eigenvalue weighted by Gasteiger charge is 2.32. The second-order valence-electron chi connectivity index (χ2n) is 8.73. The third-order valence-corrected chi connectivity index (χ3v) is 6.74. The van der Waals surface area contributed by atoms with Gasteiger partial charge in [0.1, 0.15) is 0 Å². The van der Waals surface area contributed by atoms with Gasteiger partial charge in [0, 0.05) is 50.2 Å². The van der Waals surface area contributed by atoms with E-state index in [1.54, 1.807) is 0 Å². The van der Waals surface area contributed by atoms with Gasteiger partial charge in [0.2, 0.25) is 11.8 Å². The van der Waals surface area contributed by atoms with Gasteiger partial charge in [-0.3, -0.25) is 9.59 Å². The highest BCUT2D eigenvalue weighted by Crippen LogP contribution is 2.35. The van der Waals surface area contributed by atoms with Crippen LogP contribution in [0.5, 0.6) is 0 Å². The van der Waals surface area contributed by atoms with Gasteiger partial charge in [-0.2, -0.15) is 0 Å². The molecule has 2 fully saturated rings. The van der Waals surface area contributed by atoms with E-state index in [4.69, 9.17) is 0 Å². The molecular weight excluding hydrogens is 350 g/mol.